The number of rotatable bonds is 6. The maximum absolute atomic E-state index is 12.3. The van der Waals surface area contributed by atoms with E-state index in [1.54, 1.807) is 0 Å². The van der Waals surface area contributed by atoms with E-state index in [-0.39, 0.29) is 17.1 Å². The Labute approximate surface area is 150 Å². The lowest BCUT2D eigenvalue weighted by Crippen LogP contribution is -2.50. The number of hydrogen-bond acceptors (Lipinski definition) is 3. The highest BCUT2D eigenvalue weighted by Crippen LogP contribution is 2.41. The van der Waals surface area contributed by atoms with Crippen LogP contribution in [0.1, 0.15) is 41.5 Å². The average Bonchev–Trinajstić information content (AvgIpc) is 2.39. The Morgan fingerprint density at radius 1 is 1.18 bits per heavy atom. The molecule has 0 aromatic heterocycles. The molecule has 0 radical (unpaired) electrons. The van der Waals surface area contributed by atoms with Gasteiger partial charge in [0.05, 0.1) is 18.6 Å². The zero-order chi connectivity index (χ0) is 17.8. The van der Waals surface area contributed by atoms with Crippen LogP contribution >= 0.6 is 22.6 Å². The lowest BCUT2D eigenvalue weighted by Gasteiger charge is -2.43. The molecule has 0 aliphatic heterocycles. The molecule has 0 aliphatic carbocycles. The molecule has 0 N–H and O–H groups in total. The van der Waals surface area contributed by atoms with E-state index in [0.29, 0.717) is 0 Å². The predicted molar refractivity (Wildman–Crippen MR) is 105 cm³/mol. The number of methoxy groups -OCH3 is 1. The Morgan fingerprint density at radius 3 is 2.05 bits per heavy atom. The fourth-order valence-corrected chi connectivity index (χ4v) is 3.56. The Kier molecular flexibility index (Phi) is 8.05. The van der Waals surface area contributed by atoms with Crippen LogP contribution in [0.25, 0.3) is 0 Å². The van der Waals surface area contributed by atoms with Crippen molar-refractivity contribution < 1.29 is 14.0 Å². The summed E-state index contributed by atoms with van der Waals surface area (Å²) >= 11 is 2.18. The molecule has 0 aromatic carbocycles. The van der Waals surface area contributed by atoms with E-state index >= 15 is 0 Å². The van der Waals surface area contributed by atoms with Crippen molar-refractivity contribution >= 4 is 36.9 Å². The maximum atomic E-state index is 12.3. The van der Waals surface area contributed by atoms with Crippen molar-refractivity contribution in [3.63, 3.8) is 0 Å². The number of carbonyl (C=O) groups excluding carboxylic acids is 1. The second-order valence-corrected chi connectivity index (χ2v) is 13.2. The van der Waals surface area contributed by atoms with Crippen molar-refractivity contribution in [2.75, 3.05) is 7.11 Å². The SMILES string of the molecule is COC(=O)C(C)(C)[C@H](O[Si](C)(C)C(C)(C)C)/C(C)=C/C=C/I. The first-order valence-corrected chi connectivity index (χ1v) is 11.7. The summed E-state index contributed by atoms with van der Waals surface area (Å²) in [4.78, 5) is 12.3. The van der Waals surface area contributed by atoms with Gasteiger partial charge in [-0.15, -0.1) is 0 Å². The fourth-order valence-electron chi connectivity index (χ4n) is 1.93. The number of esters is 1. The van der Waals surface area contributed by atoms with Crippen molar-refractivity contribution in [3.05, 3.63) is 21.8 Å². The summed E-state index contributed by atoms with van der Waals surface area (Å²) in [5.41, 5.74) is 0.303. The summed E-state index contributed by atoms with van der Waals surface area (Å²) in [6, 6.07) is 0. The van der Waals surface area contributed by atoms with Gasteiger partial charge in [0.1, 0.15) is 0 Å². The van der Waals surface area contributed by atoms with E-state index in [1.165, 1.54) is 7.11 Å². The van der Waals surface area contributed by atoms with Gasteiger partial charge in [-0.1, -0.05) is 55.5 Å². The Morgan fingerprint density at radius 2 is 1.68 bits per heavy atom. The first-order valence-electron chi connectivity index (χ1n) is 7.51. The van der Waals surface area contributed by atoms with E-state index in [0.717, 1.165) is 5.57 Å². The first-order chi connectivity index (χ1) is 9.81. The molecule has 5 heteroatoms. The van der Waals surface area contributed by atoms with Gasteiger partial charge in [-0.05, 0) is 48.6 Å². The van der Waals surface area contributed by atoms with E-state index in [9.17, 15) is 4.79 Å². The van der Waals surface area contributed by atoms with Crippen LogP contribution in [0.5, 0.6) is 0 Å². The third-order valence-electron chi connectivity index (χ3n) is 4.43. The standard InChI is InChI=1S/C17H31IO3Si/c1-13(11-10-12-18)14(17(5,6)15(19)20-7)21-22(8,9)16(2,3)4/h10-12,14H,1-9H3/b12-10+,13-11+/t14-/m1/s1. The van der Waals surface area contributed by atoms with E-state index in [2.05, 4.69) is 56.5 Å². The number of allylic oxidation sites excluding steroid dienone is 2. The molecule has 3 nitrogen and oxygen atoms in total. The van der Waals surface area contributed by atoms with Gasteiger partial charge >= 0.3 is 5.97 Å². The molecule has 0 spiro atoms. The van der Waals surface area contributed by atoms with Crippen LogP contribution in [0, 0.1) is 5.41 Å². The first kappa shape index (κ1) is 21.9. The van der Waals surface area contributed by atoms with Gasteiger partial charge in [-0.2, -0.15) is 0 Å². The minimum absolute atomic E-state index is 0.0802. The highest BCUT2D eigenvalue weighted by molar-refractivity contribution is 14.1. The molecule has 0 aliphatic rings. The van der Waals surface area contributed by atoms with Crippen molar-refractivity contribution in [2.24, 2.45) is 5.41 Å². The molecule has 0 saturated carbocycles. The molecule has 0 saturated heterocycles. The molecule has 0 rings (SSSR count). The molecular formula is C17H31IO3Si. The van der Waals surface area contributed by atoms with Crippen molar-refractivity contribution in [3.8, 4) is 0 Å². The van der Waals surface area contributed by atoms with Gasteiger partial charge in [-0.3, -0.25) is 4.79 Å². The molecule has 0 amide bonds. The molecule has 0 unspecified atom stereocenters. The van der Waals surface area contributed by atoms with Crippen LogP contribution in [-0.2, 0) is 14.0 Å². The summed E-state index contributed by atoms with van der Waals surface area (Å²) in [5, 5.41) is 0.0802. The molecule has 0 bridgehead atoms. The van der Waals surface area contributed by atoms with E-state index in [4.69, 9.17) is 9.16 Å². The van der Waals surface area contributed by atoms with Gasteiger partial charge in [0.25, 0.3) is 0 Å². The Hall–Kier alpha value is -0.143. The summed E-state index contributed by atoms with van der Waals surface area (Å²) in [5.74, 6) is -0.248. The molecule has 22 heavy (non-hydrogen) atoms. The quantitative estimate of drug-likeness (QED) is 0.239. The summed E-state index contributed by atoms with van der Waals surface area (Å²) in [7, 11) is -0.585. The summed E-state index contributed by atoms with van der Waals surface area (Å²) < 4.78 is 13.5. The van der Waals surface area contributed by atoms with Crippen LogP contribution in [0.2, 0.25) is 18.1 Å². The number of hydrogen-bond donors (Lipinski definition) is 0. The normalized spacial score (nSPS) is 16.0. The molecule has 128 valence electrons. The zero-order valence-electron chi connectivity index (χ0n) is 15.4. The van der Waals surface area contributed by atoms with Crippen molar-refractivity contribution in [1.29, 1.82) is 0 Å². The highest BCUT2D eigenvalue weighted by atomic mass is 127. The van der Waals surface area contributed by atoms with Crippen LogP contribution in [0.3, 0.4) is 0 Å². The third-order valence-corrected chi connectivity index (χ3v) is 9.28. The second-order valence-electron chi connectivity index (χ2n) is 7.70. The lowest BCUT2D eigenvalue weighted by atomic mass is 9.83. The molecular weight excluding hydrogens is 407 g/mol. The Balaban J connectivity index is 5.79. The van der Waals surface area contributed by atoms with Gasteiger partial charge < -0.3 is 9.16 Å². The monoisotopic (exact) mass is 438 g/mol. The number of ether oxygens (including phenoxy) is 1. The number of carbonyl (C=O) groups is 1. The van der Waals surface area contributed by atoms with Crippen LogP contribution in [-0.4, -0.2) is 27.5 Å². The topological polar surface area (TPSA) is 35.5 Å². The van der Waals surface area contributed by atoms with Gasteiger partial charge in [-0.25, -0.2) is 0 Å². The highest BCUT2D eigenvalue weighted by Gasteiger charge is 2.46. The van der Waals surface area contributed by atoms with Crippen molar-refractivity contribution in [1.82, 2.24) is 0 Å². The van der Waals surface area contributed by atoms with Gasteiger partial charge in [0, 0.05) is 0 Å². The summed E-state index contributed by atoms with van der Waals surface area (Å²) in [6.45, 7) is 16.8. The smallest absolute Gasteiger partial charge is 0.314 e. The average molecular weight is 438 g/mol. The molecule has 0 heterocycles. The molecule has 1 atom stereocenters. The zero-order valence-corrected chi connectivity index (χ0v) is 18.6. The van der Waals surface area contributed by atoms with Crippen LogP contribution in [0.4, 0.5) is 0 Å². The minimum Gasteiger partial charge on any atom is -0.469 e. The van der Waals surface area contributed by atoms with Crippen LogP contribution in [0.15, 0.2) is 21.8 Å². The van der Waals surface area contributed by atoms with E-state index in [1.807, 2.05) is 37.0 Å². The minimum atomic E-state index is -2.01. The molecule has 0 fully saturated rings. The maximum Gasteiger partial charge on any atom is 0.314 e. The predicted octanol–water partition coefficient (Wildman–Crippen LogP) is 5.47. The van der Waals surface area contributed by atoms with E-state index < -0.39 is 13.7 Å². The Bertz CT molecular complexity index is 445. The van der Waals surface area contributed by atoms with Gasteiger partial charge in [0.15, 0.2) is 8.32 Å². The molecule has 0 aromatic rings. The lowest BCUT2D eigenvalue weighted by molar-refractivity contribution is -0.155. The fraction of sp³-hybridized carbons (Fsp3) is 0.706. The summed E-state index contributed by atoms with van der Waals surface area (Å²) in [6.07, 6.45) is 3.67. The van der Waals surface area contributed by atoms with Crippen molar-refractivity contribution in [2.45, 2.75) is 65.8 Å². The third kappa shape index (κ3) is 5.49. The van der Waals surface area contributed by atoms with Gasteiger partial charge in [0.2, 0.25) is 0 Å². The largest absolute Gasteiger partial charge is 0.469 e. The second kappa shape index (κ2) is 8.10. The van der Waals surface area contributed by atoms with Crippen LogP contribution < -0.4 is 0 Å². The number of halogens is 1.